The third-order valence-electron chi connectivity index (χ3n) is 12.8. The number of methoxy groups -OCH3 is 1. The Balaban J connectivity index is 1.77. The summed E-state index contributed by atoms with van der Waals surface area (Å²) in [5, 5.41) is 0. The van der Waals surface area contributed by atoms with Gasteiger partial charge in [-0.25, -0.2) is 0 Å². The Morgan fingerprint density at radius 1 is 1.07 bits per heavy atom. The molecule has 0 bridgehead atoms. The lowest BCUT2D eigenvalue weighted by atomic mass is 9.40. The lowest BCUT2D eigenvalue weighted by Gasteiger charge is -2.62. The Kier molecular flexibility index (Phi) is 7.38. The zero-order valence-corrected chi connectivity index (χ0v) is 27.3. The first kappa shape index (κ1) is 31.9. The highest BCUT2D eigenvalue weighted by Crippen LogP contribution is 2.73. The van der Waals surface area contributed by atoms with Gasteiger partial charge in [-0.05, 0) is 86.0 Å². The third kappa shape index (κ3) is 4.30. The number of ether oxygens (including phenoxy) is 2. The highest BCUT2D eigenvalue weighted by Gasteiger charge is 2.83. The minimum atomic E-state index is -1.65. The summed E-state index contributed by atoms with van der Waals surface area (Å²) in [5.74, 6) is -1.12. The van der Waals surface area contributed by atoms with Crippen molar-refractivity contribution in [1.82, 2.24) is 0 Å². The molecule has 0 aromatic carbocycles. The Bertz CT molecular complexity index is 1200. The van der Waals surface area contributed by atoms with Crippen LogP contribution in [0.1, 0.15) is 114 Å². The molecule has 4 aliphatic rings. The number of nitrogens with two attached hydrogens (primary N) is 1. The predicted molar refractivity (Wildman–Crippen MR) is 158 cm³/mol. The van der Waals surface area contributed by atoms with Crippen LogP contribution in [0.2, 0.25) is 0 Å². The Morgan fingerprint density at radius 2 is 1.68 bits per heavy atom. The van der Waals surface area contributed by atoms with Crippen LogP contribution in [0, 0.1) is 44.3 Å². The number of fused-ring (bicyclic) bond motifs is 3. The molecule has 1 saturated heterocycles. The van der Waals surface area contributed by atoms with Crippen LogP contribution in [0.4, 0.5) is 0 Å². The summed E-state index contributed by atoms with van der Waals surface area (Å²) in [6.45, 7) is 20.9. The van der Waals surface area contributed by atoms with Gasteiger partial charge in [0.25, 0.3) is 5.91 Å². The van der Waals surface area contributed by atoms with Gasteiger partial charge in [0.2, 0.25) is 5.60 Å². The maximum atomic E-state index is 13.7. The number of epoxide rings is 1. The number of carbonyl (C=O) groups is 4. The van der Waals surface area contributed by atoms with Gasteiger partial charge in [-0.1, -0.05) is 67.9 Å². The average Bonchev–Trinajstić information content (AvgIpc) is 3.62. The molecule has 0 aromatic heterocycles. The second kappa shape index (κ2) is 9.49. The normalized spacial score (nSPS) is 42.2. The molecule has 1 aliphatic heterocycles. The number of primary amides is 1. The molecule has 1 amide bonds. The lowest BCUT2D eigenvalue weighted by molar-refractivity contribution is -0.163. The number of carbonyl (C=O) groups excluding carboxylic acids is 4. The Hall–Kier alpha value is -2.02. The van der Waals surface area contributed by atoms with E-state index in [2.05, 4.69) is 48.5 Å². The van der Waals surface area contributed by atoms with Crippen molar-refractivity contribution in [2.75, 3.05) is 7.11 Å². The van der Waals surface area contributed by atoms with Crippen LogP contribution in [-0.4, -0.2) is 42.3 Å². The fourth-order valence-electron chi connectivity index (χ4n) is 9.84. The number of rotatable bonds is 7. The molecule has 41 heavy (non-hydrogen) atoms. The van der Waals surface area contributed by atoms with Crippen molar-refractivity contribution in [1.29, 1.82) is 0 Å². The molecule has 4 fully saturated rings. The topological polar surface area (TPSA) is 116 Å². The molecule has 1 unspecified atom stereocenters. The maximum Gasteiger partial charge on any atom is 0.312 e. The maximum absolute atomic E-state index is 13.7. The minimum absolute atomic E-state index is 0.0712. The Morgan fingerprint density at radius 3 is 2.20 bits per heavy atom. The molecule has 7 atom stereocenters. The second-order valence-electron chi connectivity index (χ2n) is 16.3. The number of hydrogen-bond donors (Lipinski definition) is 1. The largest absolute Gasteiger partial charge is 0.469 e. The van der Waals surface area contributed by atoms with Gasteiger partial charge in [0.1, 0.15) is 6.10 Å². The first-order valence-corrected chi connectivity index (χ1v) is 15.4. The van der Waals surface area contributed by atoms with E-state index in [1.54, 1.807) is 13.0 Å². The van der Waals surface area contributed by atoms with Crippen LogP contribution >= 0.6 is 0 Å². The van der Waals surface area contributed by atoms with E-state index in [0.29, 0.717) is 6.42 Å². The van der Waals surface area contributed by atoms with Crippen molar-refractivity contribution in [2.24, 2.45) is 50.1 Å². The summed E-state index contributed by atoms with van der Waals surface area (Å²) < 4.78 is 11.5. The highest BCUT2D eigenvalue weighted by atomic mass is 16.6. The van der Waals surface area contributed by atoms with Gasteiger partial charge in [-0.2, -0.15) is 0 Å². The summed E-state index contributed by atoms with van der Waals surface area (Å²) in [7, 11) is 1.49. The smallest absolute Gasteiger partial charge is 0.312 e. The summed E-state index contributed by atoms with van der Waals surface area (Å²) in [6, 6.07) is 0. The fraction of sp³-hybridized carbons (Fsp3) is 0.824. The van der Waals surface area contributed by atoms with Crippen LogP contribution in [0.3, 0.4) is 0 Å². The van der Waals surface area contributed by atoms with Crippen molar-refractivity contribution < 1.29 is 28.7 Å². The molecule has 230 valence electrons. The van der Waals surface area contributed by atoms with Crippen molar-refractivity contribution in [3.05, 3.63) is 11.6 Å². The van der Waals surface area contributed by atoms with Gasteiger partial charge in [0, 0.05) is 10.8 Å². The average molecular weight is 572 g/mol. The van der Waals surface area contributed by atoms with Crippen molar-refractivity contribution in [3.63, 3.8) is 0 Å². The van der Waals surface area contributed by atoms with Gasteiger partial charge >= 0.3 is 5.97 Å². The standard InChI is InChI=1S/C34H53NO6/c1-20-19-28(3,4)14-16-33(20,27(39)40-11)17-15-29(5,6)31(9)13-12-22-30(7,8)24(37)34(26(35)38)25(41-34)32(22,10)23(31)18-21(2)36/h18,20,22,25H,12-17,19H2,1-11H3,(H2,35,38)/b23-18+/t20?,22-,25+,31+,32-,33-,34-/m0/s1. The van der Waals surface area contributed by atoms with E-state index in [1.807, 2.05) is 13.8 Å². The van der Waals surface area contributed by atoms with Crippen LogP contribution in [-0.2, 0) is 28.7 Å². The van der Waals surface area contributed by atoms with E-state index in [9.17, 15) is 19.2 Å². The van der Waals surface area contributed by atoms with Gasteiger partial charge in [0.05, 0.1) is 12.5 Å². The van der Waals surface area contributed by atoms with E-state index < -0.39 is 39.3 Å². The van der Waals surface area contributed by atoms with Crippen molar-refractivity contribution in [3.8, 4) is 0 Å². The van der Waals surface area contributed by atoms with E-state index in [1.165, 1.54) is 7.11 Å². The highest BCUT2D eigenvalue weighted by molar-refractivity contribution is 6.15. The monoisotopic (exact) mass is 571 g/mol. The summed E-state index contributed by atoms with van der Waals surface area (Å²) >= 11 is 0. The first-order valence-electron chi connectivity index (χ1n) is 15.4. The molecule has 0 radical (unpaired) electrons. The molecule has 7 nitrogen and oxygen atoms in total. The molecule has 4 rings (SSSR count). The van der Waals surface area contributed by atoms with Crippen molar-refractivity contribution in [2.45, 2.75) is 126 Å². The summed E-state index contributed by atoms with van der Waals surface area (Å²) in [4.78, 5) is 52.7. The number of esters is 1. The molecule has 1 heterocycles. The van der Waals surface area contributed by atoms with Gasteiger partial charge in [-0.3, -0.25) is 19.2 Å². The van der Waals surface area contributed by atoms with E-state index in [-0.39, 0.29) is 40.2 Å². The first-order chi connectivity index (χ1) is 18.6. The quantitative estimate of drug-likeness (QED) is 0.174. The van der Waals surface area contributed by atoms with Crippen LogP contribution in [0.5, 0.6) is 0 Å². The molecular weight excluding hydrogens is 518 g/mol. The number of allylic oxidation sites excluding steroid dienone is 1. The van der Waals surface area contributed by atoms with Crippen LogP contribution < -0.4 is 5.73 Å². The summed E-state index contributed by atoms with van der Waals surface area (Å²) in [6.07, 6.45) is 6.77. The Labute approximate surface area is 246 Å². The minimum Gasteiger partial charge on any atom is -0.469 e. The van der Waals surface area contributed by atoms with Gasteiger partial charge in [-0.15, -0.1) is 0 Å². The number of Topliss-reactive ketones (excluding diaryl/α,β-unsaturated/α-hetero) is 1. The number of hydrogen-bond acceptors (Lipinski definition) is 6. The third-order valence-corrected chi connectivity index (χ3v) is 12.8. The molecule has 7 heteroatoms. The zero-order valence-electron chi connectivity index (χ0n) is 27.3. The second-order valence-corrected chi connectivity index (χ2v) is 16.3. The van der Waals surface area contributed by atoms with E-state index in [0.717, 1.165) is 44.1 Å². The fourth-order valence-corrected chi connectivity index (χ4v) is 9.84. The zero-order chi connectivity index (χ0) is 31.2. The van der Waals surface area contributed by atoms with E-state index >= 15 is 0 Å². The molecular formula is C34H53NO6. The van der Waals surface area contributed by atoms with Gasteiger partial charge < -0.3 is 15.2 Å². The predicted octanol–water partition coefficient (Wildman–Crippen LogP) is 5.97. The molecule has 3 aliphatic carbocycles. The van der Waals surface area contributed by atoms with Crippen LogP contribution in [0.15, 0.2) is 11.6 Å². The molecule has 0 aromatic rings. The molecule has 2 N–H and O–H groups in total. The number of amides is 1. The van der Waals surface area contributed by atoms with Gasteiger partial charge in [0.15, 0.2) is 11.6 Å². The lowest BCUT2D eigenvalue weighted by Crippen LogP contribution is -2.65. The summed E-state index contributed by atoms with van der Waals surface area (Å²) in [5.41, 5.74) is 2.40. The molecule has 0 spiro atoms. The van der Waals surface area contributed by atoms with E-state index in [4.69, 9.17) is 15.2 Å². The van der Waals surface area contributed by atoms with Crippen LogP contribution in [0.25, 0.3) is 0 Å². The van der Waals surface area contributed by atoms with Crippen molar-refractivity contribution >= 4 is 23.4 Å². The SMILES string of the molecule is COC(=O)[C@]1(CCC(C)(C)[C@]2(C)CC[C@H]3C(C)(C)C(=O)[C@]4(C(N)=O)O[C@@H]4[C@]3(C)/C2=C/C(C)=O)CCC(C)(C)CC1C. The number of ketones is 2. The molecule has 3 saturated carbocycles.